The molecule has 0 radical (unpaired) electrons. The van der Waals surface area contributed by atoms with Gasteiger partial charge in [0.25, 0.3) is 0 Å². The lowest BCUT2D eigenvalue weighted by atomic mass is 10.3. The molecule has 0 saturated heterocycles. The lowest BCUT2D eigenvalue weighted by Crippen LogP contribution is -2.38. The van der Waals surface area contributed by atoms with Gasteiger partial charge in [-0.15, -0.1) is 21.5 Å². The van der Waals surface area contributed by atoms with E-state index < -0.39 is 0 Å². The molecule has 7 heteroatoms. The smallest absolute Gasteiger partial charge is 0.315 e. The molecule has 0 spiro atoms. The van der Waals surface area contributed by atoms with E-state index in [4.69, 9.17) is 0 Å². The SMILES string of the molecule is CC(NC(=O)NCCc1cccs1)c1nnc2ccccn12. The van der Waals surface area contributed by atoms with Crippen LogP contribution in [0.15, 0.2) is 41.9 Å². The van der Waals surface area contributed by atoms with Crippen LogP contribution in [0.4, 0.5) is 4.79 Å². The van der Waals surface area contributed by atoms with Crippen molar-refractivity contribution in [1.29, 1.82) is 0 Å². The van der Waals surface area contributed by atoms with Crippen molar-refractivity contribution in [3.63, 3.8) is 0 Å². The Labute approximate surface area is 132 Å². The summed E-state index contributed by atoms with van der Waals surface area (Å²) in [7, 11) is 0. The summed E-state index contributed by atoms with van der Waals surface area (Å²) in [5.74, 6) is 0.712. The zero-order chi connectivity index (χ0) is 15.4. The molecule has 0 bridgehead atoms. The normalized spacial score (nSPS) is 12.2. The van der Waals surface area contributed by atoms with E-state index in [0.29, 0.717) is 12.4 Å². The summed E-state index contributed by atoms with van der Waals surface area (Å²) in [5.41, 5.74) is 0.768. The maximum absolute atomic E-state index is 11.9. The van der Waals surface area contributed by atoms with Gasteiger partial charge in [0, 0.05) is 17.6 Å². The van der Waals surface area contributed by atoms with Crippen molar-refractivity contribution in [3.05, 3.63) is 52.6 Å². The van der Waals surface area contributed by atoms with Crippen molar-refractivity contribution in [3.8, 4) is 0 Å². The standard InChI is InChI=1S/C15H17N5OS/c1-11(14-19-18-13-6-2-3-9-20(13)14)17-15(21)16-8-7-12-5-4-10-22-12/h2-6,9-11H,7-8H2,1H3,(H2,16,17,21). The summed E-state index contributed by atoms with van der Waals surface area (Å²) in [6.45, 7) is 2.50. The Morgan fingerprint density at radius 1 is 1.32 bits per heavy atom. The molecule has 1 unspecified atom stereocenters. The zero-order valence-corrected chi connectivity index (χ0v) is 13.0. The average molecular weight is 315 g/mol. The Balaban J connectivity index is 1.54. The molecule has 0 aromatic carbocycles. The Bertz CT molecular complexity index is 752. The van der Waals surface area contributed by atoms with Crippen molar-refractivity contribution in [2.45, 2.75) is 19.4 Å². The van der Waals surface area contributed by atoms with Gasteiger partial charge in [0.2, 0.25) is 0 Å². The minimum Gasteiger partial charge on any atom is -0.338 e. The highest BCUT2D eigenvalue weighted by Crippen LogP contribution is 2.11. The quantitative estimate of drug-likeness (QED) is 0.759. The molecular formula is C15H17N5OS. The average Bonchev–Trinajstić information content (AvgIpc) is 3.16. The molecule has 0 aliphatic heterocycles. The van der Waals surface area contributed by atoms with Gasteiger partial charge in [0.05, 0.1) is 6.04 Å². The summed E-state index contributed by atoms with van der Waals surface area (Å²) in [4.78, 5) is 13.2. The fraction of sp³-hybridized carbons (Fsp3) is 0.267. The van der Waals surface area contributed by atoms with Gasteiger partial charge in [-0.25, -0.2) is 4.79 Å². The fourth-order valence-electron chi connectivity index (χ4n) is 2.22. The molecule has 0 aliphatic rings. The van der Waals surface area contributed by atoms with Crippen LogP contribution in [0.25, 0.3) is 5.65 Å². The third-order valence-electron chi connectivity index (χ3n) is 3.31. The second-order valence-electron chi connectivity index (χ2n) is 4.94. The van der Waals surface area contributed by atoms with Gasteiger partial charge < -0.3 is 10.6 Å². The molecule has 3 aromatic heterocycles. The van der Waals surface area contributed by atoms with Crippen LogP contribution in [0.3, 0.4) is 0 Å². The molecule has 22 heavy (non-hydrogen) atoms. The van der Waals surface area contributed by atoms with E-state index in [9.17, 15) is 4.79 Å². The third-order valence-corrected chi connectivity index (χ3v) is 4.25. The minimum absolute atomic E-state index is 0.197. The highest BCUT2D eigenvalue weighted by atomic mass is 32.1. The molecule has 114 valence electrons. The highest BCUT2D eigenvalue weighted by molar-refractivity contribution is 7.09. The predicted octanol–water partition coefficient (Wildman–Crippen LogP) is 2.39. The summed E-state index contributed by atoms with van der Waals surface area (Å²) < 4.78 is 1.87. The number of nitrogens with zero attached hydrogens (tertiary/aromatic N) is 3. The van der Waals surface area contributed by atoms with Crippen LogP contribution in [-0.4, -0.2) is 27.2 Å². The van der Waals surface area contributed by atoms with Crippen LogP contribution in [0, 0.1) is 0 Å². The number of carbonyl (C=O) groups is 1. The Morgan fingerprint density at radius 2 is 2.23 bits per heavy atom. The first-order chi connectivity index (χ1) is 10.7. The summed E-state index contributed by atoms with van der Waals surface area (Å²) in [5, 5.41) is 16.0. The van der Waals surface area contributed by atoms with E-state index in [1.807, 2.05) is 47.2 Å². The molecule has 0 aliphatic carbocycles. The largest absolute Gasteiger partial charge is 0.338 e. The van der Waals surface area contributed by atoms with Gasteiger partial charge in [0.1, 0.15) is 0 Å². The number of rotatable bonds is 5. The van der Waals surface area contributed by atoms with Crippen LogP contribution in [0.1, 0.15) is 23.7 Å². The lowest BCUT2D eigenvalue weighted by Gasteiger charge is -2.13. The molecule has 6 nitrogen and oxygen atoms in total. The molecule has 3 aromatic rings. The van der Waals surface area contributed by atoms with Gasteiger partial charge in [-0.2, -0.15) is 0 Å². The van der Waals surface area contributed by atoms with E-state index in [-0.39, 0.29) is 12.1 Å². The van der Waals surface area contributed by atoms with Gasteiger partial charge in [-0.1, -0.05) is 12.1 Å². The zero-order valence-electron chi connectivity index (χ0n) is 12.2. The maximum atomic E-state index is 11.9. The van der Waals surface area contributed by atoms with E-state index in [0.717, 1.165) is 12.1 Å². The number of nitrogens with one attached hydrogen (secondary N) is 2. The third kappa shape index (κ3) is 3.25. The van der Waals surface area contributed by atoms with Gasteiger partial charge in [0.15, 0.2) is 11.5 Å². The monoisotopic (exact) mass is 315 g/mol. The van der Waals surface area contributed by atoms with Crippen molar-refractivity contribution < 1.29 is 4.79 Å². The minimum atomic E-state index is -0.223. The van der Waals surface area contributed by atoms with Crippen LogP contribution in [0.5, 0.6) is 0 Å². The maximum Gasteiger partial charge on any atom is 0.315 e. The number of aromatic nitrogens is 3. The Hall–Kier alpha value is -2.41. The van der Waals surface area contributed by atoms with Crippen molar-refractivity contribution in [1.82, 2.24) is 25.2 Å². The van der Waals surface area contributed by atoms with Crippen LogP contribution in [-0.2, 0) is 6.42 Å². The molecular weight excluding hydrogens is 298 g/mol. The second kappa shape index (κ2) is 6.57. The topological polar surface area (TPSA) is 71.3 Å². The number of amides is 2. The van der Waals surface area contributed by atoms with Crippen LogP contribution in [0.2, 0.25) is 0 Å². The summed E-state index contributed by atoms with van der Waals surface area (Å²) >= 11 is 1.69. The van der Waals surface area contributed by atoms with Crippen molar-refractivity contribution in [2.24, 2.45) is 0 Å². The number of thiophene rings is 1. The second-order valence-corrected chi connectivity index (χ2v) is 5.97. The van der Waals surface area contributed by atoms with Gasteiger partial charge in [-0.05, 0) is 36.9 Å². The first-order valence-electron chi connectivity index (χ1n) is 7.10. The van der Waals surface area contributed by atoms with E-state index in [1.165, 1.54) is 4.88 Å². The first kappa shape index (κ1) is 14.5. The van der Waals surface area contributed by atoms with Crippen LogP contribution >= 0.6 is 11.3 Å². The fourth-order valence-corrected chi connectivity index (χ4v) is 2.93. The number of hydrogen-bond acceptors (Lipinski definition) is 4. The molecule has 2 N–H and O–H groups in total. The number of fused-ring (bicyclic) bond motifs is 1. The number of urea groups is 1. The van der Waals surface area contributed by atoms with E-state index in [1.54, 1.807) is 11.3 Å². The summed E-state index contributed by atoms with van der Waals surface area (Å²) in [6, 6.07) is 9.35. The molecule has 3 rings (SSSR count). The van der Waals surface area contributed by atoms with Crippen molar-refractivity contribution in [2.75, 3.05) is 6.54 Å². The highest BCUT2D eigenvalue weighted by Gasteiger charge is 2.15. The van der Waals surface area contributed by atoms with Gasteiger partial charge >= 0.3 is 6.03 Å². The van der Waals surface area contributed by atoms with E-state index >= 15 is 0 Å². The summed E-state index contributed by atoms with van der Waals surface area (Å²) in [6.07, 6.45) is 2.73. The van der Waals surface area contributed by atoms with Gasteiger partial charge in [-0.3, -0.25) is 4.40 Å². The predicted molar refractivity (Wildman–Crippen MR) is 86.0 cm³/mol. The molecule has 3 heterocycles. The van der Waals surface area contributed by atoms with Crippen molar-refractivity contribution >= 4 is 23.0 Å². The molecule has 1 atom stereocenters. The first-order valence-corrected chi connectivity index (χ1v) is 7.98. The Kier molecular flexibility index (Phi) is 4.34. The Morgan fingerprint density at radius 3 is 3.05 bits per heavy atom. The number of pyridine rings is 1. The molecule has 2 amide bonds. The van der Waals surface area contributed by atoms with Crippen LogP contribution < -0.4 is 10.6 Å². The molecule has 0 saturated carbocycles. The number of carbonyl (C=O) groups excluding carboxylic acids is 1. The molecule has 0 fully saturated rings. The lowest BCUT2D eigenvalue weighted by molar-refractivity contribution is 0.237. The number of hydrogen-bond donors (Lipinski definition) is 2. The van der Waals surface area contributed by atoms with E-state index in [2.05, 4.69) is 26.9 Å².